The number of hydrogen-bond donors (Lipinski definition) is 0. The molecule has 2 heterocycles. The van der Waals surface area contributed by atoms with Crippen molar-refractivity contribution in [2.24, 2.45) is 0 Å². The van der Waals surface area contributed by atoms with Crippen molar-refractivity contribution in [2.45, 2.75) is 19.8 Å². The monoisotopic (exact) mass is 161 g/mol. The second-order valence-electron chi connectivity index (χ2n) is 3.14. The van der Waals surface area contributed by atoms with Crippen LogP contribution < -0.4 is 0 Å². The van der Waals surface area contributed by atoms with Crippen molar-refractivity contribution in [1.82, 2.24) is 14.6 Å². The molecule has 0 saturated heterocycles. The summed E-state index contributed by atoms with van der Waals surface area (Å²) in [7, 11) is 0. The molecule has 2 aromatic heterocycles. The van der Waals surface area contributed by atoms with Crippen LogP contribution in [-0.2, 0) is 0 Å². The van der Waals surface area contributed by atoms with E-state index in [0.29, 0.717) is 5.92 Å². The summed E-state index contributed by atoms with van der Waals surface area (Å²) < 4.78 is 1.88. The predicted molar refractivity (Wildman–Crippen MR) is 47.1 cm³/mol. The maximum absolute atomic E-state index is 4.15. The maximum atomic E-state index is 4.15. The van der Waals surface area contributed by atoms with Gasteiger partial charge in [-0.2, -0.15) is 5.10 Å². The van der Waals surface area contributed by atoms with E-state index >= 15 is 0 Å². The Kier molecular flexibility index (Phi) is 1.57. The maximum Gasteiger partial charge on any atom is 0.155 e. The quantitative estimate of drug-likeness (QED) is 0.639. The summed E-state index contributed by atoms with van der Waals surface area (Å²) in [6, 6.07) is 6.05. The zero-order valence-electron chi connectivity index (χ0n) is 7.23. The molecular weight excluding hydrogens is 150 g/mol. The van der Waals surface area contributed by atoms with Crippen molar-refractivity contribution < 1.29 is 0 Å². The topological polar surface area (TPSA) is 30.2 Å². The fourth-order valence-corrected chi connectivity index (χ4v) is 1.30. The Hall–Kier alpha value is -1.38. The van der Waals surface area contributed by atoms with Gasteiger partial charge in [0.1, 0.15) is 6.33 Å². The van der Waals surface area contributed by atoms with E-state index in [2.05, 4.69) is 30.0 Å². The lowest BCUT2D eigenvalue weighted by Crippen LogP contribution is -1.99. The smallest absolute Gasteiger partial charge is 0.155 e. The molecule has 0 bridgehead atoms. The SMILES string of the molecule is CC(C)c1cccc2ncnn12. The zero-order chi connectivity index (χ0) is 8.55. The number of fused-ring (bicyclic) bond motifs is 1. The standard InChI is InChI=1S/C9H11N3/c1-7(2)8-4-3-5-9-10-6-11-12(8)9/h3-7H,1-2H3. The van der Waals surface area contributed by atoms with Gasteiger partial charge in [-0.3, -0.25) is 0 Å². The van der Waals surface area contributed by atoms with E-state index in [1.807, 2.05) is 16.6 Å². The third-order valence-corrected chi connectivity index (χ3v) is 1.92. The Morgan fingerprint density at radius 1 is 1.33 bits per heavy atom. The van der Waals surface area contributed by atoms with Gasteiger partial charge < -0.3 is 0 Å². The molecule has 2 rings (SSSR count). The Labute approximate surface area is 71.1 Å². The van der Waals surface area contributed by atoms with E-state index in [0.717, 1.165) is 5.65 Å². The molecule has 0 atom stereocenters. The van der Waals surface area contributed by atoms with E-state index in [-0.39, 0.29) is 0 Å². The van der Waals surface area contributed by atoms with E-state index in [1.165, 1.54) is 5.69 Å². The van der Waals surface area contributed by atoms with Crippen LogP contribution in [0.3, 0.4) is 0 Å². The molecule has 0 N–H and O–H groups in total. The van der Waals surface area contributed by atoms with Gasteiger partial charge in [0.05, 0.1) is 0 Å². The normalized spacial score (nSPS) is 11.2. The van der Waals surface area contributed by atoms with Gasteiger partial charge in [0.2, 0.25) is 0 Å². The number of aromatic nitrogens is 3. The van der Waals surface area contributed by atoms with Gasteiger partial charge >= 0.3 is 0 Å². The molecule has 62 valence electrons. The van der Waals surface area contributed by atoms with Crippen molar-refractivity contribution >= 4 is 5.65 Å². The van der Waals surface area contributed by atoms with Gasteiger partial charge in [0, 0.05) is 5.69 Å². The summed E-state index contributed by atoms with van der Waals surface area (Å²) in [4.78, 5) is 4.11. The Morgan fingerprint density at radius 2 is 2.17 bits per heavy atom. The van der Waals surface area contributed by atoms with Crippen LogP contribution in [0.15, 0.2) is 24.5 Å². The molecule has 0 unspecified atom stereocenters. The third kappa shape index (κ3) is 0.978. The molecule has 0 spiro atoms. The van der Waals surface area contributed by atoms with Crippen LogP contribution in [0.25, 0.3) is 5.65 Å². The van der Waals surface area contributed by atoms with E-state index in [4.69, 9.17) is 0 Å². The molecule has 0 amide bonds. The van der Waals surface area contributed by atoms with Crippen LogP contribution in [0.2, 0.25) is 0 Å². The fourth-order valence-electron chi connectivity index (χ4n) is 1.30. The highest BCUT2D eigenvalue weighted by molar-refractivity contribution is 5.38. The van der Waals surface area contributed by atoms with E-state index in [9.17, 15) is 0 Å². The molecule has 3 heteroatoms. The van der Waals surface area contributed by atoms with Crippen molar-refractivity contribution in [3.05, 3.63) is 30.2 Å². The van der Waals surface area contributed by atoms with Gasteiger partial charge in [0.25, 0.3) is 0 Å². The Bertz CT molecular complexity index is 389. The minimum atomic E-state index is 0.482. The molecule has 0 saturated carbocycles. The van der Waals surface area contributed by atoms with Gasteiger partial charge in [-0.05, 0) is 18.1 Å². The van der Waals surface area contributed by atoms with Crippen LogP contribution in [-0.4, -0.2) is 14.6 Å². The molecule has 0 aliphatic rings. The molecule has 0 fully saturated rings. The number of hydrogen-bond acceptors (Lipinski definition) is 2. The highest BCUT2D eigenvalue weighted by Gasteiger charge is 2.04. The summed E-state index contributed by atoms with van der Waals surface area (Å²) in [6.45, 7) is 4.30. The number of nitrogens with zero attached hydrogens (tertiary/aromatic N) is 3. The first-order valence-corrected chi connectivity index (χ1v) is 4.07. The van der Waals surface area contributed by atoms with Crippen LogP contribution >= 0.6 is 0 Å². The molecule has 0 aliphatic carbocycles. The highest BCUT2D eigenvalue weighted by atomic mass is 15.3. The van der Waals surface area contributed by atoms with Crippen LogP contribution in [0.5, 0.6) is 0 Å². The molecule has 0 radical (unpaired) electrons. The first kappa shape index (κ1) is 7.28. The van der Waals surface area contributed by atoms with Gasteiger partial charge in [-0.25, -0.2) is 9.50 Å². The number of rotatable bonds is 1. The van der Waals surface area contributed by atoms with Crippen LogP contribution in [0.4, 0.5) is 0 Å². The predicted octanol–water partition coefficient (Wildman–Crippen LogP) is 1.85. The Morgan fingerprint density at radius 3 is 2.92 bits per heavy atom. The van der Waals surface area contributed by atoms with Crippen molar-refractivity contribution in [3.8, 4) is 0 Å². The molecule has 3 nitrogen and oxygen atoms in total. The highest BCUT2D eigenvalue weighted by Crippen LogP contribution is 2.13. The first-order valence-electron chi connectivity index (χ1n) is 4.07. The van der Waals surface area contributed by atoms with E-state index in [1.54, 1.807) is 6.33 Å². The zero-order valence-corrected chi connectivity index (χ0v) is 7.23. The summed E-state index contributed by atoms with van der Waals surface area (Å²) in [5.41, 5.74) is 2.12. The summed E-state index contributed by atoms with van der Waals surface area (Å²) >= 11 is 0. The fraction of sp³-hybridized carbons (Fsp3) is 0.333. The largest absolute Gasteiger partial charge is 0.218 e. The molecule has 2 aromatic rings. The summed E-state index contributed by atoms with van der Waals surface area (Å²) in [5.74, 6) is 0.482. The van der Waals surface area contributed by atoms with Crippen LogP contribution in [0.1, 0.15) is 25.5 Å². The van der Waals surface area contributed by atoms with Gasteiger partial charge in [-0.1, -0.05) is 19.9 Å². The van der Waals surface area contributed by atoms with Crippen molar-refractivity contribution in [3.63, 3.8) is 0 Å². The molecule has 12 heavy (non-hydrogen) atoms. The first-order chi connectivity index (χ1) is 5.79. The average molecular weight is 161 g/mol. The summed E-state index contributed by atoms with van der Waals surface area (Å²) in [5, 5.41) is 4.15. The number of pyridine rings is 1. The van der Waals surface area contributed by atoms with Gasteiger partial charge in [-0.15, -0.1) is 0 Å². The molecule has 0 aliphatic heterocycles. The lowest BCUT2D eigenvalue weighted by Gasteiger charge is -2.05. The third-order valence-electron chi connectivity index (χ3n) is 1.92. The average Bonchev–Trinajstić information content (AvgIpc) is 2.49. The Balaban J connectivity index is 2.73. The summed E-state index contributed by atoms with van der Waals surface area (Å²) in [6.07, 6.45) is 1.58. The minimum absolute atomic E-state index is 0.482. The second kappa shape index (κ2) is 2.59. The molecule has 0 aromatic carbocycles. The van der Waals surface area contributed by atoms with Crippen LogP contribution in [0, 0.1) is 0 Å². The van der Waals surface area contributed by atoms with Crippen molar-refractivity contribution in [2.75, 3.05) is 0 Å². The lowest BCUT2D eigenvalue weighted by molar-refractivity contribution is 0.757. The van der Waals surface area contributed by atoms with Gasteiger partial charge in [0.15, 0.2) is 5.65 Å². The minimum Gasteiger partial charge on any atom is -0.218 e. The lowest BCUT2D eigenvalue weighted by atomic mass is 10.1. The second-order valence-corrected chi connectivity index (χ2v) is 3.14. The van der Waals surface area contributed by atoms with E-state index < -0.39 is 0 Å². The molecular formula is C9H11N3. The van der Waals surface area contributed by atoms with Crippen molar-refractivity contribution in [1.29, 1.82) is 0 Å².